The van der Waals surface area contributed by atoms with Crippen molar-refractivity contribution >= 4 is 28.6 Å². The summed E-state index contributed by atoms with van der Waals surface area (Å²) in [4.78, 5) is 10.2. The van der Waals surface area contributed by atoms with Crippen LogP contribution < -0.4 is 0 Å². The normalized spacial score (nSPS) is 9.50. The van der Waals surface area contributed by atoms with Crippen molar-refractivity contribution in [3.8, 4) is 0 Å². The summed E-state index contributed by atoms with van der Waals surface area (Å²) in [5.74, 6) is 0. The van der Waals surface area contributed by atoms with Gasteiger partial charge in [0.05, 0.1) is 0 Å². The predicted octanol–water partition coefficient (Wildman–Crippen LogP) is 3.22. The van der Waals surface area contributed by atoms with Crippen LogP contribution in [0.5, 0.6) is 0 Å². The first-order chi connectivity index (χ1) is 5.68. The maximum atomic E-state index is 10.2. The van der Waals surface area contributed by atoms with Gasteiger partial charge in [-0.25, -0.2) is 4.79 Å². The Morgan fingerprint density at radius 2 is 2.25 bits per heavy atom. The van der Waals surface area contributed by atoms with E-state index in [9.17, 15) is 4.79 Å². The molecule has 0 heterocycles. The molecule has 12 heavy (non-hydrogen) atoms. The van der Waals surface area contributed by atoms with Crippen LogP contribution in [-0.4, -0.2) is 5.43 Å². The van der Waals surface area contributed by atoms with Crippen LogP contribution in [0.2, 0.25) is 5.02 Å². The number of hydrogen-bond donors (Lipinski definition) is 0. The maximum absolute atomic E-state index is 10.2. The Labute approximate surface area is 80.0 Å². The lowest BCUT2D eigenvalue weighted by atomic mass is 10.2. The molecule has 0 N–H and O–H groups in total. The summed E-state index contributed by atoms with van der Waals surface area (Å²) in [6, 6.07) is 7.03. The standard InChI is InChI=1S/C8H6Cl2O2/c9-7-3-1-2-6(4-7)5-12-8(10)11/h1-4H,5H2. The molecule has 0 fully saturated rings. The minimum atomic E-state index is -0.810. The van der Waals surface area contributed by atoms with E-state index < -0.39 is 5.43 Å². The van der Waals surface area contributed by atoms with E-state index in [2.05, 4.69) is 4.74 Å². The van der Waals surface area contributed by atoms with Crippen LogP contribution in [0.3, 0.4) is 0 Å². The van der Waals surface area contributed by atoms with Crippen LogP contribution in [0.15, 0.2) is 24.3 Å². The molecule has 0 bridgehead atoms. The summed E-state index contributed by atoms with van der Waals surface area (Å²) in [5.41, 5.74) is 0.00600. The van der Waals surface area contributed by atoms with Gasteiger partial charge in [0.15, 0.2) is 0 Å². The van der Waals surface area contributed by atoms with Gasteiger partial charge in [0.1, 0.15) is 6.61 Å². The third kappa shape index (κ3) is 3.11. The molecule has 4 heteroatoms. The van der Waals surface area contributed by atoms with Crippen molar-refractivity contribution in [2.24, 2.45) is 0 Å². The third-order valence-corrected chi connectivity index (χ3v) is 1.59. The number of rotatable bonds is 2. The molecule has 0 saturated carbocycles. The number of carbonyl (C=O) groups is 1. The second kappa shape index (κ2) is 4.33. The van der Waals surface area contributed by atoms with Crippen molar-refractivity contribution in [3.05, 3.63) is 34.9 Å². The summed E-state index contributed by atoms with van der Waals surface area (Å²) >= 11 is 10.7. The number of halogens is 2. The number of benzene rings is 1. The Balaban J connectivity index is 2.57. The minimum Gasteiger partial charge on any atom is -0.449 e. The summed E-state index contributed by atoms with van der Waals surface area (Å²) < 4.78 is 4.55. The van der Waals surface area contributed by atoms with Crippen molar-refractivity contribution in [1.82, 2.24) is 0 Å². The molecule has 1 rings (SSSR count). The number of carbonyl (C=O) groups excluding carboxylic acids is 1. The van der Waals surface area contributed by atoms with Gasteiger partial charge in [0, 0.05) is 16.6 Å². The first-order valence-electron chi connectivity index (χ1n) is 3.25. The van der Waals surface area contributed by atoms with Crippen molar-refractivity contribution < 1.29 is 9.53 Å². The van der Waals surface area contributed by atoms with Crippen LogP contribution in [-0.2, 0) is 11.3 Å². The molecular weight excluding hydrogens is 199 g/mol. The van der Waals surface area contributed by atoms with Crippen molar-refractivity contribution in [2.45, 2.75) is 6.61 Å². The fourth-order valence-corrected chi connectivity index (χ4v) is 1.03. The highest BCUT2D eigenvalue weighted by molar-refractivity contribution is 6.61. The van der Waals surface area contributed by atoms with E-state index in [0.29, 0.717) is 5.02 Å². The zero-order chi connectivity index (χ0) is 8.97. The molecule has 1 aromatic carbocycles. The van der Waals surface area contributed by atoms with Crippen LogP contribution in [0.1, 0.15) is 5.56 Å². The van der Waals surface area contributed by atoms with E-state index in [4.69, 9.17) is 23.2 Å². The molecule has 0 unspecified atom stereocenters. The Morgan fingerprint density at radius 1 is 1.50 bits per heavy atom. The summed E-state index contributed by atoms with van der Waals surface area (Å²) in [6.07, 6.45) is 0. The first kappa shape index (κ1) is 9.36. The predicted molar refractivity (Wildman–Crippen MR) is 47.5 cm³/mol. The van der Waals surface area contributed by atoms with Crippen LogP contribution in [0.25, 0.3) is 0 Å². The summed E-state index contributed by atoms with van der Waals surface area (Å²) in [5, 5.41) is 0.609. The van der Waals surface area contributed by atoms with Crippen molar-refractivity contribution in [1.29, 1.82) is 0 Å². The topological polar surface area (TPSA) is 26.3 Å². The maximum Gasteiger partial charge on any atom is 0.404 e. The van der Waals surface area contributed by atoms with Gasteiger partial charge in [-0.1, -0.05) is 23.7 Å². The average molecular weight is 205 g/mol. The number of ether oxygens (including phenoxy) is 1. The van der Waals surface area contributed by atoms with Gasteiger partial charge in [-0.2, -0.15) is 0 Å². The highest BCUT2D eigenvalue weighted by atomic mass is 35.5. The lowest BCUT2D eigenvalue weighted by Gasteiger charge is -2.00. The summed E-state index contributed by atoms with van der Waals surface area (Å²) in [6.45, 7) is 0.156. The smallest absolute Gasteiger partial charge is 0.404 e. The van der Waals surface area contributed by atoms with Crippen LogP contribution >= 0.6 is 23.2 Å². The lowest BCUT2D eigenvalue weighted by molar-refractivity contribution is 0.167. The zero-order valence-electron chi connectivity index (χ0n) is 6.09. The molecule has 0 atom stereocenters. The first-order valence-corrected chi connectivity index (χ1v) is 4.01. The molecule has 64 valence electrons. The van der Waals surface area contributed by atoms with Gasteiger partial charge in [-0.05, 0) is 17.7 Å². The molecule has 2 nitrogen and oxygen atoms in total. The molecule has 0 aliphatic carbocycles. The van der Waals surface area contributed by atoms with Gasteiger partial charge in [-0.3, -0.25) is 0 Å². The molecule has 0 aromatic heterocycles. The molecule has 0 spiro atoms. The zero-order valence-corrected chi connectivity index (χ0v) is 7.60. The number of hydrogen-bond acceptors (Lipinski definition) is 2. The molecule has 1 aromatic rings. The highest BCUT2D eigenvalue weighted by Gasteiger charge is 1.97. The van der Waals surface area contributed by atoms with E-state index >= 15 is 0 Å². The second-order valence-corrected chi connectivity index (χ2v) is 2.90. The average Bonchev–Trinajstić information content (AvgIpc) is 2.01. The second-order valence-electron chi connectivity index (χ2n) is 2.16. The Kier molecular flexibility index (Phi) is 3.38. The largest absolute Gasteiger partial charge is 0.449 e. The van der Waals surface area contributed by atoms with E-state index in [1.54, 1.807) is 24.3 Å². The van der Waals surface area contributed by atoms with E-state index in [1.807, 2.05) is 0 Å². The Morgan fingerprint density at radius 3 is 2.83 bits per heavy atom. The molecule has 0 aliphatic heterocycles. The van der Waals surface area contributed by atoms with Gasteiger partial charge in [-0.15, -0.1) is 0 Å². The summed E-state index contributed by atoms with van der Waals surface area (Å²) in [7, 11) is 0. The van der Waals surface area contributed by atoms with Crippen LogP contribution in [0.4, 0.5) is 4.79 Å². The molecule has 0 aliphatic rings. The van der Waals surface area contributed by atoms with E-state index in [1.165, 1.54) is 0 Å². The minimum absolute atomic E-state index is 0.156. The van der Waals surface area contributed by atoms with Gasteiger partial charge in [0.25, 0.3) is 0 Å². The van der Waals surface area contributed by atoms with Gasteiger partial charge < -0.3 is 4.74 Å². The highest BCUT2D eigenvalue weighted by Crippen LogP contribution is 2.11. The van der Waals surface area contributed by atoms with E-state index in [0.717, 1.165) is 5.56 Å². The quantitative estimate of drug-likeness (QED) is 0.692. The van der Waals surface area contributed by atoms with Crippen LogP contribution in [0, 0.1) is 0 Å². The van der Waals surface area contributed by atoms with Crippen molar-refractivity contribution in [3.63, 3.8) is 0 Å². The molecule has 0 radical (unpaired) electrons. The van der Waals surface area contributed by atoms with E-state index in [-0.39, 0.29) is 6.61 Å². The SMILES string of the molecule is O=C(Cl)OCc1cccc(Cl)c1. The fraction of sp³-hybridized carbons (Fsp3) is 0.125. The van der Waals surface area contributed by atoms with Gasteiger partial charge in [0.2, 0.25) is 0 Å². The van der Waals surface area contributed by atoms with Crippen molar-refractivity contribution in [2.75, 3.05) is 0 Å². The third-order valence-electron chi connectivity index (χ3n) is 1.24. The van der Waals surface area contributed by atoms with Gasteiger partial charge >= 0.3 is 5.43 Å². The molecular formula is C8H6Cl2O2. The monoisotopic (exact) mass is 204 g/mol. The Hall–Kier alpha value is -0.730. The molecule has 0 amide bonds. The lowest BCUT2D eigenvalue weighted by Crippen LogP contribution is -1.94. The molecule has 0 saturated heterocycles. The fourth-order valence-electron chi connectivity index (χ4n) is 0.767. The Bertz CT molecular complexity index is 286.